The van der Waals surface area contributed by atoms with Crippen molar-refractivity contribution in [2.24, 2.45) is 17.3 Å². The van der Waals surface area contributed by atoms with Crippen LogP contribution >= 0.6 is 0 Å². The van der Waals surface area contributed by atoms with Crippen LogP contribution in [0.5, 0.6) is 0 Å². The van der Waals surface area contributed by atoms with Crippen molar-refractivity contribution in [3.8, 4) is 0 Å². The van der Waals surface area contributed by atoms with Crippen molar-refractivity contribution < 1.29 is 27.1 Å². The summed E-state index contributed by atoms with van der Waals surface area (Å²) in [6.07, 6.45) is 2.89. The van der Waals surface area contributed by atoms with Crippen LogP contribution in [0, 0.1) is 28.9 Å². The third kappa shape index (κ3) is 8.10. The van der Waals surface area contributed by atoms with Gasteiger partial charge in [0.25, 0.3) is 0 Å². The summed E-state index contributed by atoms with van der Waals surface area (Å²) in [5.41, 5.74) is 0.773. The van der Waals surface area contributed by atoms with E-state index in [2.05, 4.69) is 30.6 Å². The molecule has 4 rings (SSSR count). The lowest BCUT2D eigenvalue weighted by Crippen LogP contribution is -2.43. The van der Waals surface area contributed by atoms with E-state index in [9.17, 15) is 27.1 Å². The second kappa shape index (κ2) is 12.7. The molecule has 0 spiro atoms. The van der Waals surface area contributed by atoms with Gasteiger partial charge in [-0.2, -0.15) is 0 Å². The third-order valence-electron chi connectivity index (χ3n) is 8.45. The number of nitrogens with zero attached hydrogens (tertiary/aromatic N) is 2. The first-order valence-electron chi connectivity index (χ1n) is 14.2. The van der Waals surface area contributed by atoms with E-state index in [1.165, 1.54) is 30.3 Å². The van der Waals surface area contributed by atoms with Crippen LogP contribution in [0.25, 0.3) is 0 Å². The Bertz CT molecular complexity index is 1250. The highest BCUT2D eigenvalue weighted by Gasteiger charge is 2.41. The number of carboxylic acids is 1. The Kier molecular flexibility index (Phi) is 9.68. The number of carboxylic acid groups (broad SMARTS) is 1. The molecule has 0 aliphatic carbocycles. The molecule has 3 atom stereocenters. The van der Waals surface area contributed by atoms with Gasteiger partial charge in [-0.15, -0.1) is 0 Å². The van der Waals surface area contributed by atoms with Crippen molar-refractivity contribution in [2.75, 3.05) is 38.5 Å². The molecule has 0 unspecified atom stereocenters. The average Bonchev–Trinajstić information content (AvgIpc) is 3.30. The Labute approximate surface area is 237 Å². The molecule has 0 bridgehead atoms. The maximum Gasteiger partial charge on any atom is 0.320 e. The fraction of sp³-hybridized carbons (Fsp3) is 0.581. The summed E-state index contributed by atoms with van der Waals surface area (Å²) in [5, 5.41) is 10.1. The van der Waals surface area contributed by atoms with Gasteiger partial charge < -0.3 is 10.0 Å². The van der Waals surface area contributed by atoms with E-state index in [0.717, 1.165) is 38.0 Å². The molecule has 0 amide bonds. The first kappa shape index (κ1) is 30.6. The number of rotatable bonds is 10. The van der Waals surface area contributed by atoms with Gasteiger partial charge in [-0.1, -0.05) is 32.9 Å². The van der Waals surface area contributed by atoms with Gasteiger partial charge in [0.2, 0.25) is 0 Å². The lowest BCUT2D eigenvalue weighted by Gasteiger charge is -2.35. The van der Waals surface area contributed by atoms with Crippen LogP contribution in [-0.2, 0) is 14.6 Å². The van der Waals surface area contributed by atoms with E-state index < -0.39 is 27.7 Å². The molecule has 2 aromatic carbocycles. The number of carbonyl (C=O) groups is 1. The molecule has 2 aromatic rings. The van der Waals surface area contributed by atoms with Crippen LogP contribution < -0.4 is 0 Å². The highest BCUT2D eigenvalue weighted by molar-refractivity contribution is 7.91. The Morgan fingerprint density at radius 1 is 1.02 bits per heavy atom. The first-order valence-corrected chi connectivity index (χ1v) is 15.9. The molecule has 0 aromatic heterocycles. The van der Waals surface area contributed by atoms with Crippen molar-refractivity contribution in [2.45, 2.75) is 63.3 Å². The van der Waals surface area contributed by atoms with Gasteiger partial charge in [-0.05, 0) is 98.0 Å². The minimum absolute atomic E-state index is 0.0380. The lowest BCUT2D eigenvalue weighted by molar-refractivity contribution is -0.144. The van der Waals surface area contributed by atoms with Crippen molar-refractivity contribution >= 4 is 15.8 Å². The molecule has 2 aliphatic heterocycles. The van der Waals surface area contributed by atoms with E-state index in [-0.39, 0.29) is 33.7 Å². The second-order valence-corrected chi connectivity index (χ2v) is 14.9. The number of piperidine rings is 1. The Morgan fingerprint density at radius 3 is 2.30 bits per heavy atom. The van der Waals surface area contributed by atoms with Crippen molar-refractivity contribution in [3.05, 3.63) is 65.7 Å². The molecule has 2 heterocycles. The average molecular weight is 577 g/mol. The number of sulfone groups is 1. The van der Waals surface area contributed by atoms with Crippen molar-refractivity contribution in [3.63, 3.8) is 0 Å². The smallest absolute Gasteiger partial charge is 0.320 e. The van der Waals surface area contributed by atoms with Crippen molar-refractivity contribution in [1.29, 1.82) is 0 Å². The van der Waals surface area contributed by atoms with Crippen LogP contribution in [0.15, 0.2) is 53.4 Å². The molecular formula is C31H42F2N2O4S. The summed E-state index contributed by atoms with van der Waals surface area (Å²) < 4.78 is 52.7. The Morgan fingerprint density at radius 2 is 1.70 bits per heavy atom. The van der Waals surface area contributed by atoms with Gasteiger partial charge in [-0.25, -0.2) is 17.2 Å². The standard InChI is InChI=1S/C31H42F2N2O4S/c1-31(2,3)18-29(30(36)37)35-20-24(28(21-35)23-5-4-6-26(33)17-23)19-34-14-11-22(12-15-34)13-16-40(38,39)27-9-7-25(32)8-10-27/h4-10,17,22,24,28-29H,11-16,18-21H2,1-3H3,(H,36,37)/t24-,28+,29+/m0/s1. The number of aliphatic carboxylic acids is 1. The van der Waals surface area contributed by atoms with Gasteiger partial charge in [0, 0.05) is 25.6 Å². The number of likely N-dealkylation sites (tertiary alicyclic amines) is 2. The van der Waals surface area contributed by atoms with Gasteiger partial charge in [0.15, 0.2) is 9.84 Å². The highest BCUT2D eigenvalue weighted by atomic mass is 32.2. The fourth-order valence-electron chi connectivity index (χ4n) is 6.28. The fourth-order valence-corrected chi connectivity index (χ4v) is 7.71. The summed E-state index contributed by atoms with van der Waals surface area (Å²) in [7, 11) is -3.45. The molecule has 0 radical (unpaired) electrons. The third-order valence-corrected chi connectivity index (χ3v) is 10.2. The summed E-state index contributed by atoms with van der Waals surface area (Å²) in [5.74, 6) is -0.999. The molecular weight excluding hydrogens is 534 g/mol. The number of hydrogen-bond acceptors (Lipinski definition) is 5. The zero-order valence-corrected chi connectivity index (χ0v) is 24.5. The molecule has 9 heteroatoms. The molecule has 1 N–H and O–H groups in total. The predicted molar refractivity (Wildman–Crippen MR) is 152 cm³/mol. The molecule has 0 saturated carbocycles. The molecule has 2 saturated heterocycles. The topological polar surface area (TPSA) is 77.9 Å². The van der Waals surface area contributed by atoms with Crippen LogP contribution in [0.1, 0.15) is 57.9 Å². The second-order valence-electron chi connectivity index (χ2n) is 12.8. The number of hydrogen-bond donors (Lipinski definition) is 1. The number of benzene rings is 2. The van der Waals surface area contributed by atoms with Gasteiger partial charge in [0.05, 0.1) is 10.6 Å². The zero-order chi connectivity index (χ0) is 29.1. The molecule has 220 valence electrons. The number of halogens is 2. The molecule has 6 nitrogen and oxygen atoms in total. The summed E-state index contributed by atoms with van der Waals surface area (Å²) in [6.45, 7) is 9.86. The van der Waals surface area contributed by atoms with E-state index in [0.29, 0.717) is 31.8 Å². The highest BCUT2D eigenvalue weighted by Crippen LogP contribution is 2.37. The summed E-state index contributed by atoms with van der Waals surface area (Å²) in [4.78, 5) is 16.9. The van der Waals surface area contributed by atoms with Gasteiger partial charge in [-0.3, -0.25) is 9.69 Å². The summed E-state index contributed by atoms with van der Waals surface area (Å²) >= 11 is 0. The van der Waals surface area contributed by atoms with Gasteiger partial charge >= 0.3 is 5.97 Å². The van der Waals surface area contributed by atoms with Crippen LogP contribution in [0.3, 0.4) is 0 Å². The minimum atomic E-state index is -3.45. The predicted octanol–water partition coefficient (Wildman–Crippen LogP) is 5.45. The van der Waals surface area contributed by atoms with Crippen LogP contribution in [0.4, 0.5) is 8.78 Å². The van der Waals surface area contributed by atoms with E-state index in [1.807, 2.05) is 6.07 Å². The largest absolute Gasteiger partial charge is 0.480 e. The molecule has 2 aliphatic rings. The molecule has 40 heavy (non-hydrogen) atoms. The maximum atomic E-state index is 14.2. The minimum Gasteiger partial charge on any atom is -0.480 e. The zero-order valence-electron chi connectivity index (χ0n) is 23.7. The lowest BCUT2D eigenvalue weighted by atomic mass is 9.87. The Hall–Kier alpha value is -2.36. The SMILES string of the molecule is CC(C)(C)C[C@H](C(=O)O)N1C[C@H](CN2CCC(CCS(=O)(=O)c3ccc(F)cc3)CC2)[C@@H](c2cccc(F)c2)C1. The quantitative estimate of drug-likeness (QED) is 0.380. The maximum absolute atomic E-state index is 14.2. The van der Waals surface area contributed by atoms with E-state index >= 15 is 0 Å². The van der Waals surface area contributed by atoms with E-state index in [1.54, 1.807) is 12.1 Å². The molecule has 2 fully saturated rings. The Balaban J connectivity index is 1.38. The monoisotopic (exact) mass is 576 g/mol. The van der Waals surface area contributed by atoms with Crippen LogP contribution in [0.2, 0.25) is 0 Å². The van der Waals surface area contributed by atoms with Crippen LogP contribution in [-0.4, -0.2) is 73.8 Å². The van der Waals surface area contributed by atoms with E-state index in [4.69, 9.17) is 0 Å². The summed E-state index contributed by atoms with van der Waals surface area (Å²) in [6, 6.07) is 11.1. The first-order chi connectivity index (χ1) is 18.8. The normalized spacial score (nSPS) is 22.4. The van der Waals surface area contributed by atoms with Gasteiger partial charge in [0.1, 0.15) is 17.7 Å². The van der Waals surface area contributed by atoms with Crippen molar-refractivity contribution in [1.82, 2.24) is 9.80 Å².